The number of hydrogen-bond donors (Lipinski definition) is 0. The summed E-state index contributed by atoms with van der Waals surface area (Å²) >= 11 is 0. The van der Waals surface area contributed by atoms with Crippen LogP contribution in [0.3, 0.4) is 0 Å². The van der Waals surface area contributed by atoms with Crippen molar-refractivity contribution in [2.24, 2.45) is 0 Å². The van der Waals surface area contributed by atoms with E-state index in [4.69, 9.17) is 4.42 Å². The molecule has 1 aromatic heterocycles. The van der Waals surface area contributed by atoms with Gasteiger partial charge in [-0.05, 0) is 92.7 Å². The summed E-state index contributed by atoms with van der Waals surface area (Å²) in [5, 5.41) is 4.70. The second kappa shape index (κ2) is 11.8. The minimum atomic E-state index is 0.874. The first kappa shape index (κ1) is 27.9. The van der Waals surface area contributed by atoms with Crippen LogP contribution >= 0.6 is 0 Å². The molecule has 9 rings (SSSR count). The molecule has 0 spiro atoms. The average molecular weight is 614 g/mol. The Morgan fingerprint density at radius 3 is 1.44 bits per heavy atom. The second-order valence-corrected chi connectivity index (χ2v) is 12.2. The highest BCUT2D eigenvalue weighted by Gasteiger charge is 2.19. The number of anilines is 3. The van der Waals surface area contributed by atoms with Crippen LogP contribution < -0.4 is 4.90 Å². The number of nitrogens with zero attached hydrogens (tertiary/aromatic N) is 1. The highest BCUT2D eigenvalue weighted by atomic mass is 16.3. The van der Waals surface area contributed by atoms with Gasteiger partial charge in [-0.15, -0.1) is 0 Å². The lowest BCUT2D eigenvalue weighted by atomic mass is 9.97. The molecule has 0 N–H and O–H groups in total. The molecule has 0 fully saturated rings. The molecule has 0 radical (unpaired) electrons. The van der Waals surface area contributed by atoms with Crippen LogP contribution in [0.4, 0.5) is 17.1 Å². The Bertz CT molecular complexity index is 2530. The molecule has 2 nitrogen and oxygen atoms in total. The first-order valence-corrected chi connectivity index (χ1v) is 16.3. The Labute approximate surface area is 279 Å². The third-order valence-electron chi connectivity index (χ3n) is 9.26. The summed E-state index contributed by atoms with van der Waals surface area (Å²) in [6.07, 6.45) is 0. The summed E-state index contributed by atoms with van der Waals surface area (Å²) in [6.45, 7) is 0. The van der Waals surface area contributed by atoms with E-state index in [1.54, 1.807) is 0 Å². The maximum Gasteiger partial charge on any atom is 0.159 e. The zero-order chi connectivity index (χ0) is 31.9. The Morgan fingerprint density at radius 1 is 0.333 bits per heavy atom. The molecule has 0 aliphatic rings. The summed E-state index contributed by atoms with van der Waals surface area (Å²) in [4.78, 5) is 2.30. The van der Waals surface area contributed by atoms with Gasteiger partial charge < -0.3 is 9.32 Å². The summed E-state index contributed by atoms with van der Waals surface area (Å²) in [5.74, 6) is 0. The van der Waals surface area contributed by atoms with E-state index in [1.165, 1.54) is 44.2 Å². The Kier molecular flexibility index (Phi) is 6.84. The van der Waals surface area contributed by atoms with Crippen molar-refractivity contribution in [3.8, 4) is 33.4 Å². The lowest BCUT2D eigenvalue weighted by molar-refractivity contribution is 0.669. The molecular formula is C46H31NO. The number of para-hydroxylation sites is 2. The molecule has 226 valence electrons. The van der Waals surface area contributed by atoms with Gasteiger partial charge in [0.05, 0.1) is 5.69 Å². The monoisotopic (exact) mass is 613 g/mol. The van der Waals surface area contributed by atoms with E-state index in [1.807, 2.05) is 12.1 Å². The molecule has 0 aliphatic heterocycles. The second-order valence-electron chi connectivity index (χ2n) is 12.2. The van der Waals surface area contributed by atoms with Crippen molar-refractivity contribution in [3.05, 3.63) is 188 Å². The molecule has 1 heterocycles. The molecule has 48 heavy (non-hydrogen) atoms. The maximum absolute atomic E-state index is 6.53. The molecule has 0 atom stereocenters. The minimum Gasteiger partial charge on any atom is -0.454 e. The van der Waals surface area contributed by atoms with Crippen molar-refractivity contribution < 1.29 is 4.42 Å². The number of fused-ring (bicyclic) bond motifs is 4. The molecule has 8 aromatic carbocycles. The van der Waals surface area contributed by atoms with E-state index in [0.29, 0.717) is 0 Å². The topological polar surface area (TPSA) is 16.4 Å². The van der Waals surface area contributed by atoms with Crippen LogP contribution in [0.15, 0.2) is 192 Å². The Hall–Kier alpha value is -6.38. The van der Waals surface area contributed by atoms with E-state index < -0.39 is 0 Å². The smallest absolute Gasteiger partial charge is 0.159 e. The zero-order valence-corrected chi connectivity index (χ0v) is 26.3. The average Bonchev–Trinajstić information content (AvgIpc) is 3.55. The molecule has 0 aliphatic carbocycles. The standard InChI is InChI=1S/C46H31NO/c1-3-10-32(11-4-1)34-22-26-40(27-23-34)47(44-16-9-15-43-42-14-7-8-17-45(42)48-46(43)44)41-28-24-35(25-29-41)38-21-19-36-18-20-37(30-39(36)31-38)33-12-5-2-6-13-33/h1-31H. The van der Waals surface area contributed by atoms with Crippen LogP contribution in [-0.4, -0.2) is 0 Å². The van der Waals surface area contributed by atoms with Crippen molar-refractivity contribution >= 4 is 49.8 Å². The highest BCUT2D eigenvalue weighted by Crippen LogP contribution is 2.43. The third-order valence-corrected chi connectivity index (χ3v) is 9.26. The number of benzene rings is 8. The summed E-state index contributed by atoms with van der Waals surface area (Å²) in [7, 11) is 0. The fourth-order valence-corrected chi connectivity index (χ4v) is 6.81. The quantitative estimate of drug-likeness (QED) is 0.185. The van der Waals surface area contributed by atoms with Crippen LogP contribution in [0.2, 0.25) is 0 Å². The molecule has 9 aromatic rings. The van der Waals surface area contributed by atoms with Gasteiger partial charge in [-0.3, -0.25) is 0 Å². The number of furan rings is 1. The number of rotatable bonds is 6. The molecule has 0 bridgehead atoms. The predicted molar refractivity (Wildman–Crippen MR) is 202 cm³/mol. The summed E-state index contributed by atoms with van der Waals surface area (Å²) < 4.78 is 6.53. The fourth-order valence-electron chi connectivity index (χ4n) is 6.81. The molecule has 0 unspecified atom stereocenters. The van der Waals surface area contributed by atoms with Gasteiger partial charge in [-0.2, -0.15) is 0 Å². The maximum atomic E-state index is 6.53. The largest absolute Gasteiger partial charge is 0.454 e. The van der Waals surface area contributed by atoms with E-state index >= 15 is 0 Å². The molecular weight excluding hydrogens is 583 g/mol. The minimum absolute atomic E-state index is 0.874. The van der Waals surface area contributed by atoms with Crippen LogP contribution in [0.5, 0.6) is 0 Å². The lowest BCUT2D eigenvalue weighted by Crippen LogP contribution is -2.10. The van der Waals surface area contributed by atoms with Gasteiger partial charge in [-0.25, -0.2) is 0 Å². The van der Waals surface area contributed by atoms with Crippen molar-refractivity contribution in [3.63, 3.8) is 0 Å². The van der Waals surface area contributed by atoms with Crippen molar-refractivity contribution in [2.45, 2.75) is 0 Å². The first-order valence-electron chi connectivity index (χ1n) is 16.3. The summed E-state index contributed by atoms with van der Waals surface area (Å²) in [6, 6.07) is 66.9. The van der Waals surface area contributed by atoms with E-state index in [2.05, 4.69) is 181 Å². The van der Waals surface area contributed by atoms with Gasteiger partial charge in [-0.1, -0.05) is 140 Å². The van der Waals surface area contributed by atoms with Crippen molar-refractivity contribution in [2.75, 3.05) is 4.90 Å². The Morgan fingerprint density at radius 2 is 0.812 bits per heavy atom. The molecule has 2 heteroatoms. The van der Waals surface area contributed by atoms with Gasteiger partial charge in [0, 0.05) is 22.1 Å². The predicted octanol–water partition coefficient (Wildman–Crippen LogP) is 13.2. The first-order chi connectivity index (χ1) is 23.8. The van der Waals surface area contributed by atoms with Crippen LogP contribution in [0.25, 0.3) is 66.1 Å². The van der Waals surface area contributed by atoms with Crippen LogP contribution in [0.1, 0.15) is 0 Å². The molecule has 0 saturated carbocycles. The van der Waals surface area contributed by atoms with E-state index in [-0.39, 0.29) is 0 Å². The van der Waals surface area contributed by atoms with E-state index in [9.17, 15) is 0 Å². The van der Waals surface area contributed by atoms with Gasteiger partial charge in [0.1, 0.15) is 5.58 Å². The van der Waals surface area contributed by atoms with Crippen LogP contribution in [0, 0.1) is 0 Å². The lowest BCUT2D eigenvalue weighted by Gasteiger charge is -2.26. The SMILES string of the molecule is c1ccc(-c2ccc(N(c3ccc(-c4ccc5ccc(-c6ccccc6)cc5c4)cc3)c3cccc4c3oc3ccccc34)cc2)cc1. The Balaban J connectivity index is 1.14. The van der Waals surface area contributed by atoms with Crippen LogP contribution in [-0.2, 0) is 0 Å². The van der Waals surface area contributed by atoms with E-state index in [0.717, 1.165) is 39.0 Å². The highest BCUT2D eigenvalue weighted by molar-refractivity contribution is 6.10. The van der Waals surface area contributed by atoms with Gasteiger partial charge >= 0.3 is 0 Å². The molecule has 0 saturated heterocycles. The van der Waals surface area contributed by atoms with Gasteiger partial charge in [0.2, 0.25) is 0 Å². The molecule has 0 amide bonds. The zero-order valence-electron chi connectivity index (χ0n) is 26.3. The third kappa shape index (κ3) is 5.01. The normalized spacial score (nSPS) is 11.3. The fraction of sp³-hybridized carbons (Fsp3) is 0. The van der Waals surface area contributed by atoms with Gasteiger partial charge in [0.25, 0.3) is 0 Å². The van der Waals surface area contributed by atoms with Gasteiger partial charge in [0.15, 0.2) is 5.58 Å². The number of hydrogen-bond acceptors (Lipinski definition) is 2. The van der Waals surface area contributed by atoms with Crippen molar-refractivity contribution in [1.82, 2.24) is 0 Å². The van der Waals surface area contributed by atoms with Crippen molar-refractivity contribution in [1.29, 1.82) is 0 Å². The summed E-state index contributed by atoms with van der Waals surface area (Å²) in [5.41, 5.74) is 12.1.